The van der Waals surface area contributed by atoms with Crippen molar-refractivity contribution < 1.29 is 19.1 Å². The Morgan fingerprint density at radius 3 is 2.97 bits per heavy atom. The van der Waals surface area contributed by atoms with Crippen LogP contribution in [0.4, 0.5) is 11.5 Å². The number of aromatic nitrogens is 3. The lowest BCUT2D eigenvalue weighted by Crippen LogP contribution is -2.39. The van der Waals surface area contributed by atoms with Crippen molar-refractivity contribution in [2.75, 3.05) is 29.1 Å². The highest BCUT2D eigenvalue weighted by atomic mass is 32.2. The Bertz CT molecular complexity index is 1180. The first kappa shape index (κ1) is 19.6. The van der Waals surface area contributed by atoms with Crippen molar-refractivity contribution in [2.24, 2.45) is 0 Å². The van der Waals surface area contributed by atoms with Crippen molar-refractivity contribution >= 4 is 35.1 Å². The molecule has 0 saturated carbocycles. The van der Waals surface area contributed by atoms with Crippen molar-refractivity contribution in [3.05, 3.63) is 48.0 Å². The van der Waals surface area contributed by atoms with E-state index in [1.165, 1.54) is 11.8 Å². The number of carboxylic acid groups (broad SMARTS) is 1. The highest BCUT2D eigenvalue weighted by molar-refractivity contribution is 7.98. The van der Waals surface area contributed by atoms with Gasteiger partial charge in [0, 0.05) is 36.6 Å². The average Bonchev–Trinajstić information content (AvgIpc) is 3.45. The average molecular weight is 437 g/mol. The number of amides is 1. The van der Waals surface area contributed by atoms with Gasteiger partial charge < -0.3 is 19.3 Å². The fourth-order valence-electron chi connectivity index (χ4n) is 4.10. The third-order valence-electron chi connectivity index (χ3n) is 5.58. The summed E-state index contributed by atoms with van der Waals surface area (Å²) < 4.78 is 5.33. The lowest BCUT2D eigenvalue weighted by Gasteiger charge is -2.27. The molecule has 2 aliphatic heterocycles. The first-order valence-corrected chi connectivity index (χ1v) is 11.1. The van der Waals surface area contributed by atoms with Gasteiger partial charge in [-0.15, -0.1) is 0 Å². The minimum atomic E-state index is -1.16. The van der Waals surface area contributed by atoms with Crippen molar-refractivity contribution in [2.45, 2.75) is 24.0 Å². The molecule has 9 nitrogen and oxygen atoms in total. The minimum absolute atomic E-state index is 0.159. The molecule has 1 atom stereocenters. The van der Waals surface area contributed by atoms with Crippen LogP contribution in [0.3, 0.4) is 0 Å². The number of carbonyl (C=O) groups is 2. The van der Waals surface area contributed by atoms with E-state index in [9.17, 15) is 9.59 Å². The van der Waals surface area contributed by atoms with Gasteiger partial charge in [0.05, 0.1) is 0 Å². The number of aromatic carboxylic acids is 1. The van der Waals surface area contributed by atoms with Crippen LogP contribution in [-0.2, 0) is 0 Å². The zero-order valence-electron chi connectivity index (χ0n) is 16.7. The Hall–Kier alpha value is -3.40. The maximum atomic E-state index is 13.5. The highest BCUT2D eigenvalue weighted by Gasteiger charge is 2.37. The molecule has 1 amide bonds. The van der Waals surface area contributed by atoms with Gasteiger partial charge in [-0.05, 0) is 37.3 Å². The molecule has 1 N–H and O–H groups in total. The summed E-state index contributed by atoms with van der Waals surface area (Å²) in [6, 6.07) is 7.38. The van der Waals surface area contributed by atoms with Crippen molar-refractivity contribution in [3.63, 3.8) is 0 Å². The second-order valence-electron chi connectivity index (χ2n) is 7.39. The van der Waals surface area contributed by atoms with Crippen LogP contribution < -0.4 is 9.80 Å². The van der Waals surface area contributed by atoms with Crippen LogP contribution in [0.2, 0.25) is 0 Å². The van der Waals surface area contributed by atoms with Gasteiger partial charge >= 0.3 is 5.97 Å². The summed E-state index contributed by atoms with van der Waals surface area (Å²) in [5.41, 5.74) is 1.60. The van der Waals surface area contributed by atoms with E-state index in [1.54, 1.807) is 29.3 Å². The number of hydrogen-bond donors (Lipinski definition) is 1. The monoisotopic (exact) mass is 437 g/mol. The van der Waals surface area contributed by atoms with Crippen LogP contribution in [0.25, 0.3) is 11.5 Å². The number of carbonyl (C=O) groups excluding carboxylic acids is 1. The van der Waals surface area contributed by atoms with E-state index in [2.05, 4.69) is 19.9 Å². The molecule has 0 bridgehead atoms. The van der Waals surface area contributed by atoms with E-state index < -0.39 is 5.97 Å². The quantitative estimate of drug-likeness (QED) is 0.486. The molecule has 1 fully saturated rings. The molecule has 10 heteroatoms. The summed E-state index contributed by atoms with van der Waals surface area (Å²) in [5, 5.41) is 9.74. The van der Waals surface area contributed by atoms with Crippen LogP contribution >= 0.6 is 11.8 Å². The summed E-state index contributed by atoms with van der Waals surface area (Å²) in [7, 11) is 0. The van der Waals surface area contributed by atoms with Gasteiger partial charge in [0.2, 0.25) is 5.89 Å². The number of oxazole rings is 1. The standard InChI is InChI=1S/C21H19N5O4S/c1-31-21-22-9-15-17(24-21)25-7-3-6-14(25)10-26(19(15)27)13-5-2-4-12(8-13)18-23-16(11-30-18)20(28)29/h2,4-5,8-9,11,14H,3,6-7,10H2,1H3,(H,28,29). The number of anilines is 2. The van der Waals surface area contributed by atoms with Crippen molar-refractivity contribution in [1.29, 1.82) is 0 Å². The van der Waals surface area contributed by atoms with Gasteiger partial charge in [0.25, 0.3) is 5.91 Å². The molecule has 2 aliphatic rings. The fourth-order valence-corrected chi connectivity index (χ4v) is 4.44. The second-order valence-corrected chi connectivity index (χ2v) is 8.17. The van der Waals surface area contributed by atoms with E-state index in [0.717, 1.165) is 25.6 Å². The van der Waals surface area contributed by atoms with E-state index in [4.69, 9.17) is 9.52 Å². The van der Waals surface area contributed by atoms with Gasteiger partial charge in [-0.1, -0.05) is 17.8 Å². The van der Waals surface area contributed by atoms with Gasteiger partial charge in [-0.3, -0.25) is 4.79 Å². The molecule has 0 radical (unpaired) electrons. The largest absolute Gasteiger partial charge is 0.476 e. The smallest absolute Gasteiger partial charge is 0.357 e. The van der Waals surface area contributed by atoms with Crippen LogP contribution in [0, 0.1) is 0 Å². The Balaban J connectivity index is 1.55. The number of benzene rings is 1. The number of hydrogen-bond acceptors (Lipinski definition) is 8. The van der Waals surface area contributed by atoms with Crippen LogP contribution in [0.5, 0.6) is 0 Å². The maximum absolute atomic E-state index is 13.5. The Labute approximate surface area is 182 Å². The van der Waals surface area contributed by atoms with Gasteiger partial charge in [0.1, 0.15) is 17.6 Å². The maximum Gasteiger partial charge on any atom is 0.357 e. The molecule has 5 rings (SSSR count). The molecule has 1 aromatic carbocycles. The Morgan fingerprint density at radius 2 is 2.19 bits per heavy atom. The summed E-state index contributed by atoms with van der Waals surface area (Å²) in [5.74, 6) is -0.425. The number of fused-ring (bicyclic) bond motifs is 3. The van der Waals surface area contributed by atoms with Crippen molar-refractivity contribution in [1.82, 2.24) is 15.0 Å². The van der Waals surface area contributed by atoms with Crippen LogP contribution in [0.1, 0.15) is 33.7 Å². The molecule has 4 heterocycles. The summed E-state index contributed by atoms with van der Waals surface area (Å²) in [4.78, 5) is 41.6. The van der Waals surface area contributed by atoms with E-state index >= 15 is 0 Å². The predicted molar refractivity (Wildman–Crippen MR) is 115 cm³/mol. The molecule has 31 heavy (non-hydrogen) atoms. The van der Waals surface area contributed by atoms with E-state index in [0.29, 0.717) is 34.3 Å². The normalized spacial score (nSPS) is 18.0. The lowest BCUT2D eigenvalue weighted by molar-refractivity contribution is 0.0690. The molecule has 158 valence electrons. The SMILES string of the molecule is CSc1ncc2c(n1)N1CCCC1CN(c1cccc(-c3nc(C(=O)O)co3)c1)C2=O. The topological polar surface area (TPSA) is 113 Å². The first-order chi connectivity index (χ1) is 15.0. The third kappa shape index (κ3) is 3.42. The molecular formula is C21H19N5O4S. The number of rotatable bonds is 4. The molecular weight excluding hydrogens is 418 g/mol. The molecule has 2 aromatic heterocycles. The number of nitrogens with zero attached hydrogens (tertiary/aromatic N) is 5. The van der Waals surface area contributed by atoms with Crippen molar-refractivity contribution in [3.8, 4) is 11.5 Å². The summed E-state index contributed by atoms with van der Waals surface area (Å²) in [6.07, 6.45) is 6.65. The van der Waals surface area contributed by atoms with E-state index in [-0.39, 0.29) is 23.5 Å². The van der Waals surface area contributed by atoms with Gasteiger partial charge in [-0.2, -0.15) is 0 Å². The number of carboxylic acids is 1. The molecule has 0 spiro atoms. The summed E-state index contributed by atoms with van der Waals surface area (Å²) in [6.45, 7) is 1.39. The molecule has 1 unspecified atom stereocenters. The molecule has 1 saturated heterocycles. The lowest BCUT2D eigenvalue weighted by atomic mass is 10.1. The summed E-state index contributed by atoms with van der Waals surface area (Å²) >= 11 is 1.45. The Kier molecular flexibility index (Phi) is 4.85. The highest BCUT2D eigenvalue weighted by Crippen LogP contribution is 2.35. The predicted octanol–water partition coefficient (Wildman–Crippen LogP) is 3.18. The fraction of sp³-hybridized carbons (Fsp3) is 0.286. The number of thioether (sulfide) groups is 1. The first-order valence-electron chi connectivity index (χ1n) is 9.84. The zero-order valence-corrected chi connectivity index (χ0v) is 17.5. The molecule has 3 aromatic rings. The Morgan fingerprint density at radius 1 is 1.32 bits per heavy atom. The second kappa shape index (κ2) is 7.69. The zero-order chi connectivity index (χ0) is 21.5. The third-order valence-corrected chi connectivity index (χ3v) is 6.14. The van der Waals surface area contributed by atoms with Gasteiger partial charge in [-0.25, -0.2) is 19.7 Å². The van der Waals surface area contributed by atoms with Crippen LogP contribution in [0.15, 0.2) is 46.3 Å². The molecule has 0 aliphatic carbocycles. The minimum Gasteiger partial charge on any atom is -0.476 e. The van der Waals surface area contributed by atoms with Gasteiger partial charge in [0.15, 0.2) is 10.9 Å². The van der Waals surface area contributed by atoms with E-state index in [1.807, 2.05) is 12.3 Å². The van der Waals surface area contributed by atoms with Crippen LogP contribution in [-0.4, -0.2) is 57.3 Å².